The maximum atomic E-state index is 6.97. The number of rotatable bonds is 6. The molecule has 0 aliphatic carbocycles. The number of para-hydroxylation sites is 2. The Bertz CT molecular complexity index is 3540. The van der Waals surface area contributed by atoms with E-state index in [-0.39, 0.29) is 0 Å². The number of aromatic nitrogens is 1. The molecule has 2 heterocycles. The predicted octanol–water partition coefficient (Wildman–Crippen LogP) is 15.8. The van der Waals surface area contributed by atoms with Crippen molar-refractivity contribution in [1.82, 2.24) is 4.57 Å². The molecular formula is C56H36N2O. The van der Waals surface area contributed by atoms with Gasteiger partial charge in [0.1, 0.15) is 11.2 Å². The van der Waals surface area contributed by atoms with Gasteiger partial charge in [-0.1, -0.05) is 152 Å². The number of furan rings is 1. The van der Waals surface area contributed by atoms with E-state index in [0.29, 0.717) is 0 Å². The Morgan fingerprint density at radius 2 is 1.00 bits per heavy atom. The van der Waals surface area contributed by atoms with Crippen molar-refractivity contribution in [2.75, 3.05) is 4.90 Å². The van der Waals surface area contributed by atoms with Gasteiger partial charge in [0.15, 0.2) is 0 Å². The lowest BCUT2D eigenvalue weighted by Gasteiger charge is -2.27. The number of benzene rings is 10. The fourth-order valence-electron chi connectivity index (χ4n) is 9.35. The van der Waals surface area contributed by atoms with Crippen LogP contribution in [0.25, 0.3) is 93.2 Å². The van der Waals surface area contributed by atoms with Gasteiger partial charge in [-0.15, -0.1) is 0 Å². The molecule has 59 heavy (non-hydrogen) atoms. The molecule has 12 aromatic rings. The van der Waals surface area contributed by atoms with E-state index in [0.717, 1.165) is 55.6 Å². The minimum Gasteiger partial charge on any atom is -0.456 e. The molecule has 0 atom stereocenters. The lowest BCUT2D eigenvalue weighted by molar-refractivity contribution is 0.669. The molecule has 2 aromatic heterocycles. The van der Waals surface area contributed by atoms with E-state index in [2.05, 4.69) is 228 Å². The molecule has 276 valence electrons. The molecule has 0 amide bonds. The van der Waals surface area contributed by atoms with Gasteiger partial charge < -0.3 is 13.9 Å². The van der Waals surface area contributed by atoms with Gasteiger partial charge in [-0.05, 0) is 111 Å². The SMILES string of the molecule is c1ccc(-c2ccc(N(c3ccc4ccccc4c3)c3cccc4oc5cc(-c6cccc7c6c6ccccc6n7-c6ccccc6)c6ccccc6c5c34)cc2)cc1. The van der Waals surface area contributed by atoms with Crippen molar-refractivity contribution in [3.8, 4) is 27.9 Å². The van der Waals surface area contributed by atoms with E-state index in [4.69, 9.17) is 4.42 Å². The molecule has 0 N–H and O–H groups in total. The second-order valence-corrected chi connectivity index (χ2v) is 15.3. The van der Waals surface area contributed by atoms with E-state index >= 15 is 0 Å². The molecule has 0 spiro atoms. The minimum atomic E-state index is 0.852. The van der Waals surface area contributed by atoms with Gasteiger partial charge in [-0.25, -0.2) is 0 Å². The highest BCUT2D eigenvalue weighted by Crippen LogP contribution is 2.48. The summed E-state index contributed by atoms with van der Waals surface area (Å²) in [6, 6.07) is 78.5. The van der Waals surface area contributed by atoms with Crippen molar-refractivity contribution < 1.29 is 4.42 Å². The molecule has 0 aliphatic heterocycles. The third kappa shape index (κ3) is 5.29. The monoisotopic (exact) mass is 752 g/mol. The quantitative estimate of drug-likeness (QED) is 0.169. The minimum absolute atomic E-state index is 0.852. The Morgan fingerprint density at radius 3 is 1.83 bits per heavy atom. The molecular weight excluding hydrogens is 717 g/mol. The number of anilines is 3. The van der Waals surface area contributed by atoms with Gasteiger partial charge in [0, 0.05) is 33.2 Å². The topological polar surface area (TPSA) is 21.3 Å². The summed E-state index contributed by atoms with van der Waals surface area (Å²) < 4.78 is 9.36. The van der Waals surface area contributed by atoms with E-state index in [1.54, 1.807) is 0 Å². The van der Waals surface area contributed by atoms with Crippen molar-refractivity contribution in [1.29, 1.82) is 0 Å². The second kappa shape index (κ2) is 13.4. The number of fused-ring (bicyclic) bond motifs is 9. The van der Waals surface area contributed by atoms with E-state index in [1.807, 2.05) is 0 Å². The first-order chi connectivity index (χ1) is 29.3. The Balaban J connectivity index is 1.12. The van der Waals surface area contributed by atoms with Crippen LogP contribution in [0.15, 0.2) is 223 Å². The van der Waals surface area contributed by atoms with E-state index < -0.39 is 0 Å². The highest BCUT2D eigenvalue weighted by Gasteiger charge is 2.24. The van der Waals surface area contributed by atoms with Crippen LogP contribution in [0.2, 0.25) is 0 Å². The van der Waals surface area contributed by atoms with Crippen LogP contribution < -0.4 is 4.90 Å². The fourth-order valence-corrected chi connectivity index (χ4v) is 9.35. The Hall–Kier alpha value is -7.88. The van der Waals surface area contributed by atoms with Gasteiger partial charge in [0.25, 0.3) is 0 Å². The molecule has 0 saturated carbocycles. The number of hydrogen-bond donors (Lipinski definition) is 0. The van der Waals surface area contributed by atoms with Crippen LogP contribution in [-0.2, 0) is 0 Å². The van der Waals surface area contributed by atoms with Crippen LogP contribution in [0.5, 0.6) is 0 Å². The lowest BCUT2D eigenvalue weighted by Crippen LogP contribution is -2.10. The maximum absolute atomic E-state index is 6.97. The number of hydrogen-bond acceptors (Lipinski definition) is 2. The highest BCUT2D eigenvalue weighted by atomic mass is 16.3. The molecule has 0 saturated heterocycles. The van der Waals surface area contributed by atoms with Gasteiger partial charge >= 0.3 is 0 Å². The van der Waals surface area contributed by atoms with Crippen LogP contribution >= 0.6 is 0 Å². The van der Waals surface area contributed by atoms with Crippen LogP contribution in [0.3, 0.4) is 0 Å². The lowest BCUT2D eigenvalue weighted by atomic mass is 9.92. The number of nitrogens with zero attached hydrogens (tertiary/aromatic N) is 2. The van der Waals surface area contributed by atoms with Gasteiger partial charge in [0.2, 0.25) is 0 Å². The zero-order valence-electron chi connectivity index (χ0n) is 32.1. The zero-order chi connectivity index (χ0) is 38.9. The van der Waals surface area contributed by atoms with Crippen molar-refractivity contribution >= 4 is 82.4 Å². The molecule has 3 nitrogen and oxygen atoms in total. The fraction of sp³-hybridized carbons (Fsp3) is 0. The maximum Gasteiger partial charge on any atom is 0.137 e. The van der Waals surface area contributed by atoms with Crippen molar-refractivity contribution in [3.63, 3.8) is 0 Å². The summed E-state index contributed by atoms with van der Waals surface area (Å²) in [6.07, 6.45) is 0. The standard InChI is InChI=1S/C56H36N2O/c1-3-15-37(16-4-1)39-29-32-42(33-30-39)57(43-34-31-38-17-7-8-18-40(38)35-43)51-27-14-28-52-56(51)55-45-22-10-9-21-44(45)48(36-53(55)59-52)46-24-13-26-50-54(46)47-23-11-12-25-49(47)58(50)41-19-5-2-6-20-41/h1-36H. The Morgan fingerprint density at radius 1 is 0.356 bits per heavy atom. The van der Waals surface area contributed by atoms with Gasteiger partial charge in [0.05, 0.1) is 22.1 Å². The summed E-state index contributed by atoms with van der Waals surface area (Å²) in [6.45, 7) is 0. The summed E-state index contributed by atoms with van der Waals surface area (Å²) in [5.74, 6) is 0. The van der Waals surface area contributed by atoms with Crippen LogP contribution in [0, 0.1) is 0 Å². The Labute approximate surface area is 341 Å². The first-order valence-electron chi connectivity index (χ1n) is 20.2. The van der Waals surface area contributed by atoms with E-state index in [9.17, 15) is 0 Å². The second-order valence-electron chi connectivity index (χ2n) is 15.3. The van der Waals surface area contributed by atoms with Crippen LogP contribution in [-0.4, -0.2) is 4.57 Å². The molecule has 0 unspecified atom stereocenters. The smallest absolute Gasteiger partial charge is 0.137 e. The third-order valence-electron chi connectivity index (χ3n) is 11.9. The molecule has 12 rings (SSSR count). The highest BCUT2D eigenvalue weighted by molar-refractivity contribution is 6.27. The average molecular weight is 753 g/mol. The molecule has 3 heteroatoms. The molecule has 0 aliphatic rings. The summed E-state index contributed by atoms with van der Waals surface area (Å²) in [7, 11) is 0. The predicted molar refractivity (Wildman–Crippen MR) is 249 cm³/mol. The molecule has 0 fully saturated rings. The largest absolute Gasteiger partial charge is 0.456 e. The van der Waals surface area contributed by atoms with Crippen LogP contribution in [0.1, 0.15) is 0 Å². The molecule has 10 aromatic carbocycles. The first kappa shape index (κ1) is 33.3. The van der Waals surface area contributed by atoms with E-state index in [1.165, 1.54) is 54.7 Å². The summed E-state index contributed by atoms with van der Waals surface area (Å²) in [5.41, 5.74) is 13.2. The van der Waals surface area contributed by atoms with Gasteiger partial charge in [-0.3, -0.25) is 0 Å². The Kier molecular flexibility index (Phi) is 7.54. The van der Waals surface area contributed by atoms with Crippen molar-refractivity contribution in [2.24, 2.45) is 0 Å². The van der Waals surface area contributed by atoms with Crippen molar-refractivity contribution in [3.05, 3.63) is 218 Å². The zero-order valence-corrected chi connectivity index (χ0v) is 32.1. The summed E-state index contributed by atoms with van der Waals surface area (Å²) in [5, 5.41) is 9.40. The summed E-state index contributed by atoms with van der Waals surface area (Å²) >= 11 is 0. The average Bonchev–Trinajstić information content (AvgIpc) is 3.86. The normalized spacial score (nSPS) is 11.7. The summed E-state index contributed by atoms with van der Waals surface area (Å²) in [4.78, 5) is 2.39. The first-order valence-corrected chi connectivity index (χ1v) is 20.2. The molecule has 0 bridgehead atoms. The van der Waals surface area contributed by atoms with Gasteiger partial charge in [-0.2, -0.15) is 0 Å². The van der Waals surface area contributed by atoms with Crippen molar-refractivity contribution in [2.45, 2.75) is 0 Å². The third-order valence-corrected chi connectivity index (χ3v) is 11.9. The van der Waals surface area contributed by atoms with Crippen LogP contribution in [0.4, 0.5) is 17.1 Å². The molecule has 0 radical (unpaired) electrons.